The van der Waals surface area contributed by atoms with Crippen molar-refractivity contribution in [3.63, 3.8) is 0 Å². The summed E-state index contributed by atoms with van der Waals surface area (Å²) in [5.74, 6) is -0.0979. The Labute approximate surface area is 78.3 Å². The summed E-state index contributed by atoms with van der Waals surface area (Å²) in [7, 11) is 0. The normalized spacial score (nSPS) is 11.7. The smallest absolute Gasteiger partial charge is 0.0700 e. The Morgan fingerprint density at radius 2 is 2.31 bits per heavy atom. The molecule has 13 heavy (non-hydrogen) atoms. The van der Waals surface area contributed by atoms with Crippen molar-refractivity contribution < 1.29 is 0 Å². The first-order chi connectivity index (χ1) is 6.15. The minimum atomic E-state index is -0.0979. The third kappa shape index (κ3) is 2.09. The van der Waals surface area contributed by atoms with Gasteiger partial charge in [0.15, 0.2) is 0 Å². The maximum atomic E-state index is 8.71. The molecule has 0 aliphatic rings. The third-order valence-electron chi connectivity index (χ3n) is 1.95. The molecule has 0 saturated heterocycles. The molecule has 1 unspecified atom stereocenters. The summed E-state index contributed by atoms with van der Waals surface area (Å²) < 4.78 is 0. The SMILES string of the molecule is C=C(N)c1cccc(C(C)C#N)c1. The number of hydrogen-bond donors (Lipinski definition) is 1. The number of benzene rings is 1. The second-order valence-corrected chi connectivity index (χ2v) is 3.00. The molecule has 0 aliphatic carbocycles. The van der Waals surface area contributed by atoms with Crippen molar-refractivity contribution in [2.24, 2.45) is 5.73 Å². The Bertz CT molecular complexity index is 361. The van der Waals surface area contributed by atoms with Gasteiger partial charge in [0.2, 0.25) is 0 Å². The predicted molar refractivity (Wildman–Crippen MR) is 53.7 cm³/mol. The summed E-state index contributed by atoms with van der Waals surface area (Å²) in [4.78, 5) is 0. The van der Waals surface area contributed by atoms with Gasteiger partial charge in [-0.25, -0.2) is 0 Å². The third-order valence-corrected chi connectivity index (χ3v) is 1.95. The molecule has 0 amide bonds. The van der Waals surface area contributed by atoms with E-state index in [9.17, 15) is 0 Å². The first kappa shape index (κ1) is 9.34. The number of nitrogens with two attached hydrogens (primary N) is 1. The van der Waals surface area contributed by atoms with Crippen molar-refractivity contribution in [3.8, 4) is 6.07 Å². The van der Waals surface area contributed by atoms with E-state index in [1.54, 1.807) is 0 Å². The second kappa shape index (κ2) is 3.77. The lowest BCUT2D eigenvalue weighted by molar-refractivity contribution is 0.980. The van der Waals surface area contributed by atoms with Crippen LogP contribution in [-0.4, -0.2) is 0 Å². The van der Waals surface area contributed by atoms with Crippen LogP contribution in [0.2, 0.25) is 0 Å². The Kier molecular flexibility index (Phi) is 2.71. The Morgan fingerprint density at radius 1 is 1.62 bits per heavy atom. The summed E-state index contributed by atoms with van der Waals surface area (Å²) in [6, 6.07) is 9.76. The highest BCUT2D eigenvalue weighted by Crippen LogP contribution is 2.17. The largest absolute Gasteiger partial charge is 0.399 e. The van der Waals surface area contributed by atoms with Crippen LogP contribution in [0.1, 0.15) is 24.0 Å². The van der Waals surface area contributed by atoms with Gasteiger partial charge in [-0.15, -0.1) is 0 Å². The molecule has 0 fully saturated rings. The molecule has 0 heterocycles. The topological polar surface area (TPSA) is 49.8 Å². The molecule has 1 aromatic rings. The molecule has 1 rings (SSSR count). The standard InChI is InChI=1S/C11H12N2/c1-8(7-12)10-4-3-5-11(6-10)9(2)13/h3-6,8H,2,13H2,1H3. The molecule has 0 aliphatic heterocycles. The van der Waals surface area contributed by atoms with Crippen LogP contribution in [-0.2, 0) is 0 Å². The van der Waals surface area contributed by atoms with Gasteiger partial charge in [-0.2, -0.15) is 5.26 Å². The average molecular weight is 172 g/mol. The molecule has 0 aromatic heterocycles. The van der Waals surface area contributed by atoms with Crippen LogP contribution in [0.5, 0.6) is 0 Å². The molecule has 66 valence electrons. The fourth-order valence-electron chi connectivity index (χ4n) is 1.08. The number of nitriles is 1. The maximum absolute atomic E-state index is 8.71. The van der Waals surface area contributed by atoms with Crippen molar-refractivity contribution in [2.45, 2.75) is 12.8 Å². The summed E-state index contributed by atoms with van der Waals surface area (Å²) >= 11 is 0. The molecule has 2 heteroatoms. The Morgan fingerprint density at radius 3 is 2.85 bits per heavy atom. The van der Waals surface area contributed by atoms with Gasteiger partial charge in [-0.05, 0) is 24.1 Å². The van der Waals surface area contributed by atoms with E-state index in [1.165, 1.54) is 0 Å². The van der Waals surface area contributed by atoms with Gasteiger partial charge in [0, 0.05) is 5.70 Å². The van der Waals surface area contributed by atoms with Crippen molar-refractivity contribution in [1.29, 1.82) is 5.26 Å². The minimum Gasteiger partial charge on any atom is -0.399 e. The van der Waals surface area contributed by atoms with Crippen molar-refractivity contribution in [2.75, 3.05) is 0 Å². The lowest BCUT2D eigenvalue weighted by atomic mass is 10.00. The molecule has 0 spiro atoms. The number of hydrogen-bond acceptors (Lipinski definition) is 2. The maximum Gasteiger partial charge on any atom is 0.0700 e. The first-order valence-corrected chi connectivity index (χ1v) is 4.09. The number of rotatable bonds is 2. The first-order valence-electron chi connectivity index (χ1n) is 4.09. The summed E-state index contributed by atoms with van der Waals surface area (Å²) in [5.41, 5.74) is 7.95. The molecule has 0 bridgehead atoms. The van der Waals surface area contributed by atoms with E-state index in [-0.39, 0.29) is 5.92 Å². The fourth-order valence-corrected chi connectivity index (χ4v) is 1.08. The van der Waals surface area contributed by atoms with Gasteiger partial charge >= 0.3 is 0 Å². The van der Waals surface area contributed by atoms with E-state index in [4.69, 9.17) is 11.0 Å². The fraction of sp³-hybridized carbons (Fsp3) is 0.182. The molecule has 1 atom stereocenters. The van der Waals surface area contributed by atoms with Gasteiger partial charge in [0.25, 0.3) is 0 Å². The van der Waals surface area contributed by atoms with Gasteiger partial charge in [0.1, 0.15) is 0 Å². The predicted octanol–water partition coefficient (Wildman–Crippen LogP) is 2.24. The van der Waals surface area contributed by atoms with Crippen molar-refractivity contribution in [1.82, 2.24) is 0 Å². The van der Waals surface area contributed by atoms with Gasteiger partial charge in [-0.1, -0.05) is 24.8 Å². The highest BCUT2D eigenvalue weighted by atomic mass is 14.6. The Balaban J connectivity index is 3.07. The molecule has 0 radical (unpaired) electrons. The zero-order chi connectivity index (χ0) is 9.84. The Hall–Kier alpha value is -1.75. The number of nitrogens with zero attached hydrogens (tertiary/aromatic N) is 1. The van der Waals surface area contributed by atoms with E-state index < -0.39 is 0 Å². The summed E-state index contributed by atoms with van der Waals surface area (Å²) in [5, 5.41) is 8.71. The van der Waals surface area contributed by atoms with E-state index in [2.05, 4.69) is 12.6 Å². The van der Waals surface area contributed by atoms with Crippen LogP contribution >= 0.6 is 0 Å². The molecule has 2 N–H and O–H groups in total. The highest BCUT2D eigenvalue weighted by molar-refractivity contribution is 5.61. The van der Waals surface area contributed by atoms with Crippen LogP contribution < -0.4 is 5.73 Å². The molecular weight excluding hydrogens is 160 g/mol. The van der Waals surface area contributed by atoms with Gasteiger partial charge < -0.3 is 5.73 Å². The van der Waals surface area contributed by atoms with Crippen molar-refractivity contribution in [3.05, 3.63) is 42.0 Å². The monoisotopic (exact) mass is 172 g/mol. The van der Waals surface area contributed by atoms with E-state index >= 15 is 0 Å². The quantitative estimate of drug-likeness (QED) is 0.743. The van der Waals surface area contributed by atoms with Crippen LogP contribution in [0.4, 0.5) is 0 Å². The molecule has 1 aromatic carbocycles. The van der Waals surface area contributed by atoms with Crippen molar-refractivity contribution >= 4 is 5.70 Å². The molecule has 0 saturated carbocycles. The van der Waals surface area contributed by atoms with Gasteiger partial charge in [-0.3, -0.25) is 0 Å². The van der Waals surface area contributed by atoms with Crippen LogP contribution in [0, 0.1) is 11.3 Å². The lowest BCUT2D eigenvalue weighted by Crippen LogP contribution is -1.96. The second-order valence-electron chi connectivity index (χ2n) is 3.00. The zero-order valence-electron chi connectivity index (χ0n) is 7.62. The van der Waals surface area contributed by atoms with Crippen LogP contribution in [0.3, 0.4) is 0 Å². The lowest BCUT2D eigenvalue weighted by Gasteiger charge is -2.05. The zero-order valence-corrected chi connectivity index (χ0v) is 7.62. The summed E-state index contributed by atoms with van der Waals surface area (Å²) in [6.07, 6.45) is 0. The van der Waals surface area contributed by atoms with Gasteiger partial charge in [0.05, 0.1) is 12.0 Å². The van der Waals surface area contributed by atoms with Crippen LogP contribution in [0.15, 0.2) is 30.8 Å². The van der Waals surface area contributed by atoms with E-state index in [0.717, 1.165) is 11.1 Å². The molecule has 2 nitrogen and oxygen atoms in total. The van der Waals surface area contributed by atoms with E-state index in [1.807, 2.05) is 31.2 Å². The average Bonchev–Trinajstić information content (AvgIpc) is 2.17. The van der Waals surface area contributed by atoms with Crippen LogP contribution in [0.25, 0.3) is 5.70 Å². The highest BCUT2D eigenvalue weighted by Gasteiger charge is 2.04. The van der Waals surface area contributed by atoms with E-state index in [0.29, 0.717) is 5.70 Å². The minimum absolute atomic E-state index is 0.0979. The molecular formula is C11H12N2. The summed E-state index contributed by atoms with van der Waals surface area (Å²) in [6.45, 7) is 5.51.